The lowest BCUT2D eigenvalue weighted by Crippen LogP contribution is -2.67. The number of hydrogen-bond donors (Lipinski definition) is 1. The standard InChI is InChI=1S/C20H25FN2O/c1-20(2)8-7-17(18(10-20)13-3-5-14(21)6-4-13)19(24)23-11-15-9-16(12-23)22-15/h3-6,15-16,22H,7-12H2,1-2H3. The molecule has 3 nitrogen and oxygen atoms in total. The van der Waals surface area contributed by atoms with Crippen LogP contribution in [0.3, 0.4) is 0 Å². The Morgan fingerprint density at radius 1 is 1.21 bits per heavy atom. The smallest absolute Gasteiger partial charge is 0.250 e. The highest BCUT2D eigenvalue weighted by molar-refractivity contribution is 6.01. The van der Waals surface area contributed by atoms with Crippen molar-refractivity contribution in [3.8, 4) is 0 Å². The van der Waals surface area contributed by atoms with Crippen molar-refractivity contribution in [3.05, 3.63) is 41.2 Å². The highest BCUT2D eigenvalue weighted by Gasteiger charge is 2.40. The molecule has 128 valence electrons. The molecule has 2 unspecified atom stereocenters. The van der Waals surface area contributed by atoms with Crippen molar-refractivity contribution < 1.29 is 9.18 Å². The van der Waals surface area contributed by atoms with E-state index in [0.717, 1.165) is 49.1 Å². The van der Waals surface area contributed by atoms with E-state index >= 15 is 0 Å². The van der Waals surface area contributed by atoms with Crippen molar-refractivity contribution in [2.24, 2.45) is 5.41 Å². The zero-order valence-corrected chi connectivity index (χ0v) is 14.4. The van der Waals surface area contributed by atoms with Crippen molar-refractivity contribution in [2.45, 2.75) is 51.6 Å². The maximum atomic E-state index is 13.3. The predicted molar refractivity (Wildman–Crippen MR) is 92.9 cm³/mol. The molecule has 3 aliphatic heterocycles. The lowest BCUT2D eigenvalue weighted by molar-refractivity contribution is -0.131. The maximum Gasteiger partial charge on any atom is 0.250 e. The summed E-state index contributed by atoms with van der Waals surface area (Å²) < 4.78 is 13.3. The van der Waals surface area contributed by atoms with Gasteiger partial charge in [0.1, 0.15) is 5.82 Å². The first-order chi connectivity index (χ1) is 11.4. The number of nitrogens with zero attached hydrogens (tertiary/aromatic N) is 1. The van der Waals surface area contributed by atoms with Crippen molar-refractivity contribution in [3.63, 3.8) is 0 Å². The van der Waals surface area contributed by atoms with Crippen LogP contribution < -0.4 is 5.32 Å². The fourth-order valence-corrected chi connectivity index (χ4v) is 4.32. The van der Waals surface area contributed by atoms with E-state index < -0.39 is 0 Å². The molecule has 1 aromatic rings. The Balaban J connectivity index is 1.67. The maximum absolute atomic E-state index is 13.3. The number of carbonyl (C=O) groups is 1. The minimum atomic E-state index is -0.232. The highest BCUT2D eigenvalue weighted by atomic mass is 19.1. The minimum absolute atomic E-state index is 0.180. The first-order valence-electron chi connectivity index (χ1n) is 8.95. The van der Waals surface area contributed by atoms with E-state index in [1.807, 2.05) is 17.0 Å². The number of nitrogens with one attached hydrogen (secondary N) is 1. The zero-order valence-electron chi connectivity index (χ0n) is 14.4. The molecule has 2 bridgehead atoms. The third-order valence-electron chi connectivity index (χ3n) is 5.73. The van der Waals surface area contributed by atoms with E-state index in [0.29, 0.717) is 12.1 Å². The molecule has 4 aliphatic rings. The summed E-state index contributed by atoms with van der Waals surface area (Å²) in [6.45, 7) is 6.13. The summed E-state index contributed by atoms with van der Waals surface area (Å²) in [7, 11) is 0. The molecule has 0 radical (unpaired) electrons. The number of piperidine rings is 1. The summed E-state index contributed by atoms with van der Waals surface area (Å²) >= 11 is 0. The molecule has 4 heteroatoms. The van der Waals surface area contributed by atoms with Gasteiger partial charge in [0.25, 0.3) is 0 Å². The molecular weight excluding hydrogens is 303 g/mol. The number of halogens is 1. The van der Waals surface area contributed by atoms with Crippen LogP contribution in [-0.4, -0.2) is 36.0 Å². The number of hydrogen-bond acceptors (Lipinski definition) is 2. The highest BCUT2D eigenvalue weighted by Crippen LogP contribution is 2.43. The molecule has 3 saturated heterocycles. The van der Waals surface area contributed by atoms with Gasteiger partial charge in [-0.3, -0.25) is 4.79 Å². The van der Waals surface area contributed by atoms with Crippen LogP contribution in [0.1, 0.15) is 45.1 Å². The number of fused-ring (bicyclic) bond motifs is 2. The molecule has 3 heterocycles. The molecule has 0 aromatic heterocycles. The van der Waals surface area contributed by atoms with E-state index in [1.54, 1.807) is 0 Å². The molecule has 1 amide bonds. The van der Waals surface area contributed by atoms with Crippen LogP contribution in [0.25, 0.3) is 5.57 Å². The third-order valence-corrected chi connectivity index (χ3v) is 5.73. The fraction of sp³-hybridized carbons (Fsp3) is 0.550. The van der Waals surface area contributed by atoms with Crippen LogP contribution in [-0.2, 0) is 4.79 Å². The Kier molecular flexibility index (Phi) is 3.75. The van der Waals surface area contributed by atoms with Crippen LogP contribution in [0.5, 0.6) is 0 Å². The average Bonchev–Trinajstić information content (AvgIpc) is 2.54. The topological polar surface area (TPSA) is 32.3 Å². The predicted octanol–water partition coefficient (Wildman–Crippen LogP) is 3.36. The minimum Gasteiger partial charge on any atom is -0.336 e. The Morgan fingerprint density at radius 2 is 1.83 bits per heavy atom. The van der Waals surface area contributed by atoms with Gasteiger partial charge in [0.05, 0.1) is 0 Å². The number of rotatable bonds is 2. The van der Waals surface area contributed by atoms with E-state index in [-0.39, 0.29) is 17.1 Å². The lowest BCUT2D eigenvalue weighted by atomic mass is 9.72. The van der Waals surface area contributed by atoms with Crippen molar-refractivity contribution >= 4 is 11.5 Å². The Morgan fingerprint density at radius 3 is 2.46 bits per heavy atom. The summed E-state index contributed by atoms with van der Waals surface area (Å²) in [6.07, 6.45) is 3.91. The molecule has 1 aliphatic carbocycles. The van der Waals surface area contributed by atoms with Crippen molar-refractivity contribution in [1.82, 2.24) is 10.2 Å². The van der Waals surface area contributed by atoms with Crippen LogP contribution in [0, 0.1) is 11.2 Å². The SMILES string of the molecule is CC1(C)CCC(C(=O)N2CC3CC(C2)N3)=C(c2ccc(F)cc2)C1. The van der Waals surface area contributed by atoms with Gasteiger partial charge < -0.3 is 10.2 Å². The summed E-state index contributed by atoms with van der Waals surface area (Å²) in [4.78, 5) is 15.2. The van der Waals surface area contributed by atoms with Gasteiger partial charge in [-0.05, 0) is 54.4 Å². The second kappa shape index (κ2) is 5.69. The fourth-order valence-electron chi connectivity index (χ4n) is 4.32. The van der Waals surface area contributed by atoms with Gasteiger partial charge >= 0.3 is 0 Å². The quantitative estimate of drug-likeness (QED) is 0.903. The van der Waals surface area contributed by atoms with Crippen molar-refractivity contribution in [1.29, 1.82) is 0 Å². The van der Waals surface area contributed by atoms with Gasteiger partial charge in [-0.15, -0.1) is 0 Å². The first kappa shape index (κ1) is 15.8. The third kappa shape index (κ3) is 2.88. The van der Waals surface area contributed by atoms with Crippen LogP contribution in [0.15, 0.2) is 29.8 Å². The van der Waals surface area contributed by atoms with E-state index in [4.69, 9.17) is 0 Å². The van der Waals surface area contributed by atoms with Gasteiger partial charge in [-0.2, -0.15) is 0 Å². The van der Waals surface area contributed by atoms with E-state index in [9.17, 15) is 9.18 Å². The molecule has 0 spiro atoms. The zero-order chi connectivity index (χ0) is 16.9. The van der Waals surface area contributed by atoms with E-state index in [1.165, 1.54) is 18.6 Å². The Hall–Kier alpha value is -1.68. The Bertz CT molecular complexity index is 676. The molecule has 2 atom stereocenters. The number of amides is 1. The molecular formula is C20H25FN2O. The number of allylic oxidation sites excluding steroid dienone is 1. The number of carbonyl (C=O) groups excluding carboxylic acids is 1. The summed E-state index contributed by atoms with van der Waals surface area (Å²) in [6, 6.07) is 7.56. The molecule has 1 N–H and O–H groups in total. The monoisotopic (exact) mass is 328 g/mol. The molecule has 5 rings (SSSR count). The summed E-state index contributed by atoms with van der Waals surface area (Å²) in [5, 5.41) is 3.48. The van der Waals surface area contributed by atoms with Crippen LogP contribution in [0.2, 0.25) is 0 Å². The van der Waals surface area contributed by atoms with Gasteiger partial charge in [-0.1, -0.05) is 26.0 Å². The second-order valence-corrected chi connectivity index (χ2v) is 8.31. The molecule has 1 aromatic carbocycles. The largest absolute Gasteiger partial charge is 0.336 e. The Labute approximate surface area is 142 Å². The number of benzene rings is 1. The van der Waals surface area contributed by atoms with Gasteiger partial charge in [0.2, 0.25) is 5.91 Å². The normalized spacial score (nSPS) is 28.5. The van der Waals surface area contributed by atoms with E-state index in [2.05, 4.69) is 19.2 Å². The van der Waals surface area contributed by atoms with Crippen LogP contribution in [0.4, 0.5) is 4.39 Å². The average molecular weight is 328 g/mol. The second-order valence-electron chi connectivity index (χ2n) is 8.31. The van der Waals surface area contributed by atoms with Gasteiger partial charge in [-0.25, -0.2) is 4.39 Å². The molecule has 0 saturated carbocycles. The lowest BCUT2D eigenvalue weighted by Gasteiger charge is -2.49. The molecule has 24 heavy (non-hydrogen) atoms. The first-order valence-corrected chi connectivity index (χ1v) is 8.95. The molecule has 3 fully saturated rings. The summed E-state index contributed by atoms with van der Waals surface area (Å²) in [5.41, 5.74) is 3.23. The number of piperazine rings is 1. The van der Waals surface area contributed by atoms with Crippen molar-refractivity contribution in [2.75, 3.05) is 13.1 Å². The van der Waals surface area contributed by atoms with Gasteiger partial charge in [0, 0.05) is 30.7 Å². The summed E-state index contributed by atoms with van der Waals surface area (Å²) in [5.74, 6) is -0.0366. The van der Waals surface area contributed by atoms with Crippen LogP contribution >= 0.6 is 0 Å². The van der Waals surface area contributed by atoms with Gasteiger partial charge in [0.15, 0.2) is 0 Å².